The van der Waals surface area contributed by atoms with Crippen LogP contribution in [0, 0.1) is 11.3 Å². The van der Waals surface area contributed by atoms with E-state index in [0.29, 0.717) is 11.3 Å². The van der Waals surface area contributed by atoms with Crippen LogP contribution in [0.15, 0.2) is 53.4 Å². The van der Waals surface area contributed by atoms with Crippen molar-refractivity contribution >= 4 is 27.6 Å². The number of hydrogen-bond acceptors (Lipinski definition) is 6. The van der Waals surface area contributed by atoms with Crippen LogP contribution in [0.25, 0.3) is 0 Å². The normalized spacial score (nSPS) is 12.1. The monoisotopic (exact) mass is 401 g/mol. The first-order valence-corrected chi connectivity index (χ1v) is 9.63. The SMILES string of the molecule is C[C@H](OC(=O)c1ccc(S(=O)(=O)N(C)C)cc1)C(=O)Nc1ccc(C#N)cc1. The highest BCUT2D eigenvalue weighted by Crippen LogP contribution is 2.15. The Bertz CT molecular complexity index is 1010. The van der Waals surface area contributed by atoms with Crippen molar-refractivity contribution in [1.29, 1.82) is 5.26 Å². The average molecular weight is 401 g/mol. The number of anilines is 1. The summed E-state index contributed by atoms with van der Waals surface area (Å²) in [6, 6.07) is 13.4. The van der Waals surface area contributed by atoms with Crippen LogP contribution in [0.3, 0.4) is 0 Å². The molecule has 9 heteroatoms. The Labute approximate surface area is 163 Å². The van der Waals surface area contributed by atoms with Gasteiger partial charge in [-0.2, -0.15) is 5.26 Å². The summed E-state index contributed by atoms with van der Waals surface area (Å²) in [5, 5.41) is 11.3. The minimum atomic E-state index is -3.60. The topological polar surface area (TPSA) is 117 Å². The fraction of sp³-hybridized carbons (Fsp3) is 0.211. The number of sulfonamides is 1. The number of amides is 1. The molecule has 8 nitrogen and oxygen atoms in total. The molecule has 2 rings (SSSR count). The zero-order valence-electron chi connectivity index (χ0n) is 15.5. The number of nitrogens with zero attached hydrogens (tertiary/aromatic N) is 2. The highest BCUT2D eigenvalue weighted by atomic mass is 32.2. The molecule has 146 valence electrons. The first-order valence-electron chi connectivity index (χ1n) is 8.19. The molecule has 28 heavy (non-hydrogen) atoms. The largest absolute Gasteiger partial charge is 0.449 e. The van der Waals surface area contributed by atoms with Gasteiger partial charge in [0.05, 0.1) is 22.1 Å². The number of carbonyl (C=O) groups is 2. The van der Waals surface area contributed by atoms with E-state index in [2.05, 4.69) is 5.32 Å². The van der Waals surface area contributed by atoms with E-state index in [-0.39, 0.29) is 10.5 Å². The van der Waals surface area contributed by atoms with Crippen LogP contribution in [0.2, 0.25) is 0 Å². The van der Waals surface area contributed by atoms with Crippen molar-refractivity contribution in [2.24, 2.45) is 0 Å². The van der Waals surface area contributed by atoms with Crippen LogP contribution in [0.5, 0.6) is 0 Å². The number of ether oxygens (including phenoxy) is 1. The van der Waals surface area contributed by atoms with E-state index in [1.54, 1.807) is 24.3 Å². The summed E-state index contributed by atoms with van der Waals surface area (Å²) in [6.45, 7) is 1.42. The number of hydrogen-bond donors (Lipinski definition) is 1. The Morgan fingerprint density at radius 3 is 2.14 bits per heavy atom. The highest BCUT2D eigenvalue weighted by Gasteiger charge is 2.21. The summed E-state index contributed by atoms with van der Waals surface area (Å²) in [5.74, 6) is -1.29. The van der Waals surface area contributed by atoms with Crippen molar-refractivity contribution in [3.05, 3.63) is 59.7 Å². The molecule has 0 heterocycles. The molecule has 0 fully saturated rings. The van der Waals surface area contributed by atoms with Gasteiger partial charge < -0.3 is 10.1 Å². The molecule has 1 amide bonds. The van der Waals surface area contributed by atoms with Crippen molar-refractivity contribution in [1.82, 2.24) is 4.31 Å². The van der Waals surface area contributed by atoms with Crippen LogP contribution >= 0.6 is 0 Å². The van der Waals surface area contributed by atoms with Gasteiger partial charge in [-0.15, -0.1) is 0 Å². The Morgan fingerprint density at radius 1 is 1.07 bits per heavy atom. The first-order chi connectivity index (χ1) is 13.1. The van der Waals surface area contributed by atoms with Gasteiger partial charge in [0, 0.05) is 19.8 Å². The molecule has 0 aliphatic carbocycles. The van der Waals surface area contributed by atoms with Gasteiger partial charge in [-0.25, -0.2) is 17.5 Å². The van der Waals surface area contributed by atoms with E-state index in [1.165, 1.54) is 45.3 Å². The smallest absolute Gasteiger partial charge is 0.338 e. The Hall–Kier alpha value is -3.22. The molecule has 0 aromatic heterocycles. The van der Waals surface area contributed by atoms with Gasteiger partial charge in [-0.3, -0.25) is 4.79 Å². The Balaban J connectivity index is 2.01. The van der Waals surface area contributed by atoms with Crippen LogP contribution in [-0.2, 0) is 19.6 Å². The fourth-order valence-corrected chi connectivity index (χ4v) is 3.03. The Morgan fingerprint density at radius 2 is 1.64 bits per heavy atom. The average Bonchev–Trinajstić information content (AvgIpc) is 2.68. The number of carbonyl (C=O) groups excluding carboxylic acids is 2. The molecule has 0 radical (unpaired) electrons. The van der Waals surface area contributed by atoms with E-state index in [9.17, 15) is 18.0 Å². The highest BCUT2D eigenvalue weighted by molar-refractivity contribution is 7.89. The maximum atomic E-state index is 12.2. The predicted molar refractivity (Wildman–Crippen MR) is 102 cm³/mol. The van der Waals surface area contributed by atoms with E-state index >= 15 is 0 Å². The number of rotatable bonds is 6. The predicted octanol–water partition coefficient (Wildman–Crippen LogP) is 1.99. The molecule has 0 unspecified atom stereocenters. The quantitative estimate of drug-likeness (QED) is 0.740. The molecule has 0 aliphatic heterocycles. The standard InChI is InChI=1S/C19H19N3O5S/c1-13(18(23)21-16-8-4-14(12-20)5-9-16)27-19(24)15-6-10-17(11-7-15)28(25,26)22(2)3/h4-11,13H,1-3H3,(H,21,23)/t13-/m0/s1. The van der Waals surface area contributed by atoms with E-state index in [0.717, 1.165) is 4.31 Å². The number of benzene rings is 2. The van der Waals surface area contributed by atoms with E-state index < -0.39 is 28.0 Å². The number of esters is 1. The van der Waals surface area contributed by atoms with Gasteiger partial charge >= 0.3 is 5.97 Å². The minimum absolute atomic E-state index is 0.0423. The van der Waals surface area contributed by atoms with Gasteiger partial charge in [-0.05, 0) is 55.5 Å². The molecule has 2 aromatic rings. The molecule has 1 N–H and O–H groups in total. The molecular formula is C19H19N3O5S. The van der Waals surface area contributed by atoms with Gasteiger partial charge in [0.1, 0.15) is 0 Å². The summed E-state index contributed by atoms with van der Waals surface area (Å²) >= 11 is 0. The fourth-order valence-electron chi connectivity index (χ4n) is 2.13. The second-order valence-corrected chi connectivity index (χ2v) is 8.19. The van der Waals surface area contributed by atoms with Crippen molar-refractivity contribution < 1.29 is 22.7 Å². The molecule has 0 bridgehead atoms. The van der Waals surface area contributed by atoms with Crippen LogP contribution in [0.1, 0.15) is 22.8 Å². The maximum Gasteiger partial charge on any atom is 0.338 e. The molecule has 2 aromatic carbocycles. The van der Waals surface area contributed by atoms with Crippen molar-refractivity contribution in [3.63, 3.8) is 0 Å². The third-order valence-electron chi connectivity index (χ3n) is 3.80. The van der Waals surface area contributed by atoms with Crippen molar-refractivity contribution in [2.75, 3.05) is 19.4 Å². The van der Waals surface area contributed by atoms with Gasteiger partial charge in [0.15, 0.2) is 6.10 Å². The minimum Gasteiger partial charge on any atom is -0.449 e. The van der Waals surface area contributed by atoms with Crippen molar-refractivity contribution in [3.8, 4) is 6.07 Å². The lowest BCUT2D eigenvalue weighted by Crippen LogP contribution is -2.30. The summed E-state index contributed by atoms with van der Waals surface area (Å²) in [5.41, 5.74) is 1.04. The summed E-state index contributed by atoms with van der Waals surface area (Å²) in [7, 11) is -0.782. The van der Waals surface area contributed by atoms with E-state index in [4.69, 9.17) is 10.00 Å². The van der Waals surface area contributed by atoms with Crippen molar-refractivity contribution in [2.45, 2.75) is 17.9 Å². The molecular weight excluding hydrogens is 382 g/mol. The number of nitrogens with one attached hydrogen (secondary N) is 1. The molecule has 0 saturated heterocycles. The van der Waals surface area contributed by atoms with Crippen LogP contribution < -0.4 is 5.32 Å². The molecule has 0 spiro atoms. The first kappa shape index (κ1) is 21.1. The summed E-state index contributed by atoms with van der Waals surface area (Å²) in [4.78, 5) is 24.4. The second-order valence-electron chi connectivity index (χ2n) is 6.04. The van der Waals surface area contributed by atoms with Crippen LogP contribution in [-0.4, -0.2) is 44.8 Å². The maximum absolute atomic E-state index is 12.2. The Kier molecular flexibility index (Phi) is 6.51. The summed E-state index contributed by atoms with van der Waals surface area (Å²) in [6.07, 6.45) is -1.08. The zero-order chi connectivity index (χ0) is 20.9. The van der Waals surface area contributed by atoms with Crippen LogP contribution in [0.4, 0.5) is 5.69 Å². The van der Waals surface area contributed by atoms with Gasteiger partial charge in [0.25, 0.3) is 5.91 Å². The summed E-state index contributed by atoms with van der Waals surface area (Å²) < 4.78 is 30.3. The third kappa shape index (κ3) is 4.94. The number of nitriles is 1. The lowest BCUT2D eigenvalue weighted by molar-refractivity contribution is -0.123. The lowest BCUT2D eigenvalue weighted by Gasteiger charge is -2.14. The van der Waals surface area contributed by atoms with E-state index in [1.807, 2.05) is 6.07 Å². The third-order valence-corrected chi connectivity index (χ3v) is 5.63. The lowest BCUT2D eigenvalue weighted by atomic mass is 10.2. The zero-order valence-corrected chi connectivity index (χ0v) is 16.4. The van der Waals surface area contributed by atoms with Gasteiger partial charge in [0.2, 0.25) is 10.0 Å². The molecule has 1 atom stereocenters. The molecule has 0 aliphatic rings. The second kappa shape index (κ2) is 8.65. The van der Waals surface area contributed by atoms with Gasteiger partial charge in [-0.1, -0.05) is 0 Å². The molecule has 0 saturated carbocycles.